The van der Waals surface area contributed by atoms with Gasteiger partial charge in [0.25, 0.3) is 0 Å². The molecule has 1 fully saturated rings. The second-order valence-corrected chi connectivity index (χ2v) is 5.43. The van der Waals surface area contributed by atoms with Crippen LogP contribution in [0.15, 0.2) is 18.2 Å². The second-order valence-electron chi connectivity index (χ2n) is 5.43. The highest BCUT2D eigenvalue weighted by Crippen LogP contribution is 2.34. The molecular formula is C14H20N2O4. The molecule has 0 saturated carbocycles. The Morgan fingerprint density at radius 2 is 2.30 bits per heavy atom. The second kappa shape index (κ2) is 5.66. The molecule has 6 nitrogen and oxygen atoms in total. The van der Waals surface area contributed by atoms with Gasteiger partial charge in [-0.3, -0.25) is 10.1 Å². The number of aliphatic hydroxyl groups is 1. The molecule has 0 amide bonds. The number of β-amino-alcohol motifs (C(OH)–C–C–N with tert-alkyl or cyclic N) is 1. The summed E-state index contributed by atoms with van der Waals surface area (Å²) in [5.74, 6) is 0.292. The molecule has 1 unspecified atom stereocenters. The standard InChI is InChI=1S/C14H20N2O4/c1-3-8-20-13-9-11(4-5-12(13)16(18)19)15-7-6-14(2,17)10-15/h4-5,9,17H,3,6-8,10H2,1-2H3. The lowest BCUT2D eigenvalue weighted by Crippen LogP contribution is -2.29. The lowest BCUT2D eigenvalue weighted by Gasteiger charge is -2.21. The number of ether oxygens (including phenoxy) is 1. The number of anilines is 1. The Bertz CT molecular complexity index is 502. The normalized spacial score (nSPS) is 22.1. The van der Waals surface area contributed by atoms with E-state index in [-0.39, 0.29) is 5.69 Å². The van der Waals surface area contributed by atoms with E-state index >= 15 is 0 Å². The van der Waals surface area contributed by atoms with Gasteiger partial charge in [-0.2, -0.15) is 0 Å². The lowest BCUT2D eigenvalue weighted by atomic mass is 10.1. The van der Waals surface area contributed by atoms with Gasteiger partial charge in [0, 0.05) is 30.9 Å². The van der Waals surface area contributed by atoms with E-state index in [1.807, 2.05) is 11.8 Å². The number of nitro benzene ring substituents is 1. The van der Waals surface area contributed by atoms with Crippen LogP contribution in [0.1, 0.15) is 26.7 Å². The molecule has 1 aliphatic rings. The fourth-order valence-corrected chi connectivity index (χ4v) is 2.34. The minimum Gasteiger partial charge on any atom is -0.487 e. The molecule has 1 atom stereocenters. The maximum absolute atomic E-state index is 11.0. The van der Waals surface area contributed by atoms with Crippen molar-refractivity contribution in [3.63, 3.8) is 0 Å². The summed E-state index contributed by atoms with van der Waals surface area (Å²) in [6, 6.07) is 4.86. The molecule has 0 bridgehead atoms. The van der Waals surface area contributed by atoms with E-state index in [0.29, 0.717) is 25.3 Å². The Labute approximate surface area is 118 Å². The van der Waals surface area contributed by atoms with E-state index in [1.54, 1.807) is 19.1 Å². The molecule has 1 N–H and O–H groups in total. The largest absolute Gasteiger partial charge is 0.487 e. The predicted molar refractivity (Wildman–Crippen MR) is 76.3 cm³/mol. The van der Waals surface area contributed by atoms with Gasteiger partial charge in [0.05, 0.1) is 17.1 Å². The van der Waals surface area contributed by atoms with Crippen LogP contribution in [0, 0.1) is 10.1 Å². The highest BCUT2D eigenvalue weighted by molar-refractivity contribution is 5.60. The van der Waals surface area contributed by atoms with Crippen molar-refractivity contribution in [1.82, 2.24) is 0 Å². The van der Waals surface area contributed by atoms with E-state index in [4.69, 9.17) is 4.74 Å². The maximum atomic E-state index is 11.0. The molecule has 1 heterocycles. The minimum absolute atomic E-state index is 0.0202. The zero-order valence-corrected chi connectivity index (χ0v) is 11.8. The summed E-state index contributed by atoms with van der Waals surface area (Å²) in [6.07, 6.45) is 1.48. The minimum atomic E-state index is -0.702. The van der Waals surface area contributed by atoms with Gasteiger partial charge >= 0.3 is 5.69 Å². The quantitative estimate of drug-likeness (QED) is 0.662. The zero-order chi connectivity index (χ0) is 14.8. The zero-order valence-electron chi connectivity index (χ0n) is 11.8. The summed E-state index contributed by atoms with van der Waals surface area (Å²) in [6.45, 7) is 5.46. The molecular weight excluding hydrogens is 260 g/mol. The van der Waals surface area contributed by atoms with Gasteiger partial charge in [0.2, 0.25) is 0 Å². The van der Waals surface area contributed by atoms with Crippen molar-refractivity contribution in [2.24, 2.45) is 0 Å². The number of hydrogen-bond acceptors (Lipinski definition) is 5. The van der Waals surface area contributed by atoms with E-state index in [0.717, 1.165) is 18.7 Å². The van der Waals surface area contributed by atoms with Crippen LogP contribution in [0.2, 0.25) is 0 Å². The van der Waals surface area contributed by atoms with Crippen molar-refractivity contribution < 1.29 is 14.8 Å². The number of nitro groups is 1. The van der Waals surface area contributed by atoms with Gasteiger partial charge < -0.3 is 14.7 Å². The van der Waals surface area contributed by atoms with Crippen LogP contribution in [-0.4, -0.2) is 35.3 Å². The average molecular weight is 280 g/mol. The van der Waals surface area contributed by atoms with Gasteiger partial charge in [-0.05, 0) is 25.8 Å². The fourth-order valence-electron chi connectivity index (χ4n) is 2.34. The van der Waals surface area contributed by atoms with Crippen LogP contribution in [-0.2, 0) is 0 Å². The fraction of sp³-hybridized carbons (Fsp3) is 0.571. The number of nitrogens with zero attached hydrogens (tertiary/aromatic N) is 2. The smallest absolute Gasteiger partial charge is 0.311 e. The first-order chi connectivity index (χ1) is 9.43. The van der Waals surface area contributed by atoms with Crippen molar-refractivity contribution >= 4 is 11.4 Å². The average Bonchev–Trinajstić information content (AvgIpc) is 2.76. The SMILES string of the molecule is CCCOc1cc(N2CCC(C)(O)C2)ccc1[N+](=O)[O-]. The Hall–Kier alpha value is -1.82. The van der Waals surface area contributed by atoms with Crippen molar-refractivity contribution in [3.05, 3.63) is 28.3 Å². The molecule has 1 aromatic carbocycles. The van der Waals surface area contributed by atoms with Gasteiger partial charge in [0.1, 0.15) is 0 Å². The number of rotatable bonds is 5. The van der Waals surface area contributed by atoms with Crippen LogP contribution in [0.3, 0.4) is 0 Å². The highest BCUT2D eigenvalue weighted by atomic mass is 16.6. The van der Waals surface area contributed by atoms with Gasteiger partial charge in [-0.15, -0.1) is 0 Å². The summed E-state index contributed by atoms with van der Waals surface area (Å²) in [7, 11) is 0. The first kappa shape index (κ1) is 14.6. The third-order valence-electron chi connectivity index (χ3n) is 3.42. The molecule has 2 rings (SSSR count). The third-order valence-corrected chi connectivity index (χ3v) is 3.42. The number of benzene rings is 1. The van der Waals surface area contributed by atoms with Crippen LogP contribution in [0.25, 0.3) is 0 Å². The molecule has 0 spiro atoms. The van der Waals surface area contributed by atoms with Crippen LogP contribution in [0.5, 0.6) is 5.75 Å². The van der Waals surface area contributed by atoms with E-state index in [9.17, 15) is 15.2 Å². The Morgan fingerprint density at radius 3 is 2.85 bits per heavy atom. The molecule has 0 radical (unpaired) electrons. The van der Waals surface area contributed by atoms with Crippen LogP contribution in [0.4, 0.5) is 11.4 Å². The highest BCUT2D eigenvalue weighted by Gasteiger charge is 2.32. The molecule has 1 aliphatic heterocycles. The van der Waals surface area contributed by atoms with Crippen molar-refractivity contribution in [2.45, 2.75) is 32.3 Å². The van der Waals surface area contributed by atoms with Crippen molar-refractivity contribution in [1.29, 1.82) is 0 Å². The topological polar surface area (TPSA) is 75.8 Å². The van der Waals surface area contributed by atoms with E-state index < -0.39 is 10.5 Å². The Kier molecular flexibility index (Phi) is 4.13. The third kappa shape index (κ3) is 3.19. The molecule has 6 heteroatoms. The summed E-state index contributed by atoms with van der Waals surface area (Å²) < 4.78 is 5.47. The first-order valence-corrected chi connectivity index (χ1v) is 6.81. The molecule has 1 aromatic rings. The van der Waals surface area contributed by atoms with E-state index in [1.165, 1.54) is 6.07 Å². The van der Waals surface area contributed by atoms with E-state index in [2.05, 4.69) is 0 Å². The summed E-state index contributed by atoms with van der Waals surface area (Å²) in [4.78, 5) is 12.6. The maximum Gasteiger partial charge on any atom is 0.311 e. The van der Waals surface area contributed by atoms with Gasteiger partial charge in [0.15, 0.2) is 5.75 Å². The summed E-state index contributed by atoms with van der Waals surface area (Å²) in [5, 5.41) is 21.0. The number of hydrogen-bond donors (Lipinski definition) is 1. The van der Waals surface area contributed by atoms with Crippen molar-refractivity contribution in [2.75, 3.05) is 24.6 Å². The molecule has 110 valence electrons. The summed E-state index contributed by atoms with van der Waals surface area (Å²) in [5.41, 5.74) is 0.124. The first-order valence-electron chi connectivity index (χ1n) is 6.81. The lowest BCUT2D eigenvalue weighted by molar-refractivity contribution is -0.385. The molecule has 0 aliphatic carbocycles. The van der Waals surface area contributed by atoms with Gasteiger partial charge in [-0.25, -0.2) is 0 Å². The van der Waals surface area contributed by atoms with Gasteiger partial charge in [-0.1, -0.05) is 6.92 Å². The summed E-state index contributed by atoms with van der Waals surface area (Å²) >= 11 is 0. The molecule has 0 aromatic heterocycles. The molecule has 1 saturated heterocycles. The Balaban J connectivity index is 2.25. The van der Waals surface area contributed by atoms with Crippen LogP contribution >= 0.6 is 0 Å². The predicted octanol–water partition coefficient (Wildman–Crippen LogP) is 2.34. The van der Waals surface area contributed by atoms with Crippen molar-refractivity contribution in [3.8, 4) is 5.75 Å². The Morgan fingerprint density at radius 1 is 1.55 bits per heavy atom. The van der Waals surface area contributed by atoms with Crippen LogP contribution < -0.4 is 9.64 Å². The molecule has 20 heavy (non-hydrogen) atoms. The monoisotopic (exact) mass is 280 g/mol.